The van der Waals surface area contributed by atoms with Gasteiger partial charge in [-0.25, -0.2) is 4.99 Å². The molecule has 7 heteroatoms. The zero-order chi connectivity index (χ0) is 20.9. The summed E-state index contributed by atoms with van der Waals surface area (Å²) in [5.74, 6) is 1.04. The van der Waals surface area contributed by atoms with Gasteiger partial charge in [-0.2, -0.15) is 0 Å². The van der Waals surface area contributed by atoms with Gasteiger partial charge >= 0.3 is 0 Å². The maximum atomic E-state index is 8.14. The molecule has 1 aliphatic rings. The van der Waals surface area contributed by atoms with Gasteiger partial charge < -0.3 is 14.8 Å². The predicted octanol–water partition coefficient (Wildman–Crippen LogP) is 5.31. The van der Waals surface area contributed by atoms with Crippen molar-refractivity contribution in [3.8, 4) is 0 Å². The SMILES string of the molecule is C=C(CCCCCC/C(C(=N)OC)=C(\C=C/C1CN1)/N=C(\C)Cl)OC(=N)CC. The molecular formula is C21H33ClN4O2. The van der Waals surface area contributed by atoms with Crippen LogP contribution in [0.4, 0.5) is 0 Å². The average Bonchev–Trinajstić information content (AvgIpc) is 3.48. The Labute approximate surface area is 173 Å². The summed E-state index contributed by atoms with van der Waals surface area (Å²) in [4.78, 5) is 4.40. The highest BCUT2D eigenvalue weighted by atomic mass is 35.5. The van der Waals surface area contributed by atoms with Crippen LogP contribution in [0, 0.1) is 10.8 Å². The van der Waals surface area contributed by atoms with Gasteiger partial charge in [-0.3, -0.25) is 10.8 Å². The van der Waals surface area contributed by atoms with Crippen LogP contribution in [0.1, 0.15) is 58.8 Å². The zero-order valence-electron chi connectivity index (χ0n) is 17.2. The van der Waals surface area contributed by atoms with E-state index in [2.05, 4.69) is 16.9 Å². The molecule has 0 spiro atoms. The van der Waals surface area contributed by atoms with E-state index in [1.165, 1.54) is 7.11 Å². The van der Waals surface area contributed by atoms with Crippen LogP contribution < -0.4 is 5.32 Å². The van der Waals surface area contributed by atoms with Crippen molar-refractivity contribution < 1.29 is 9.47 Å². The maximum absolute atomic E-state index is 8.14. The van der Waals surface area contributed by atoms with Gasteiger partial charge in [0.25, 0.3) is 0 Å². The van der Waals surface area contributed by atoms with Crippen molar-refractivity contribution in [2.45, 2.75) is 64.8 Å². The van der Waals surface area contributed by atoms with Gasteiger partial charge in [0.2, 0.25) is 5.90 Å². The van der Waals surface area contributed by atoms with Gasteiger partial charge in [0.1, 0.15) is 5.17 Å². The third-order valence-corrected chi connectivity index (χ3v) is 4.29. The molecule has 28 heavy (non-hydrogen) atoms. The third-order valence-electron chi connectivity index (χ3n) is 4.21. The van der Waals surface area contributed by atoms with Gasteiger partial charge in [-0.15, -0.1) is 0 Å². The van der Waals surface area contributed by atoms with E-state index in [0.717, 1.165) is 44.2 Å². The molecule has 6 nitrogen and oxygen atoms in total. The van der Waals surface area contributed by atoms with E-state index in [9.17, 15) is 0 Å². The van der Waals surface area contributed by atoms with Crippen LogP contribution in [0.5, 0.6) is 0 Å². The van der Waals surface area contributed by atoms with Crippen molar-refractivity contribution in [2.75, 3.05) is 13.7 Å². The zero-order valence-corrected chi connectivity index (χ0v) is 18.0. The van der Waals surface area contributed by atoms with Gasteiger partial charge in [0.15, 0.2) is 5.90 Å². The Morgan fingerprint density at radius 1 is 1.25 bits per heavy atom. The van der Waals surface area contributed by atoms with Crippen LogP contribution in [0.3, 0.4) is 0 Å². The first kappa shape index (κ1) is 24.1. The average molecular weight is 409 g/mol. The number of hydrogen-bond acceptors (Lipinski definition) is 6. The number of halogens is 1. The highest BCUT2D eigenvalue weighted by Gasteiger charge is 2.17. The molecule has 3 N–H and O–H groups in total. The van der Waals surface area contributed by atoms with E-state index in [-0.39, 0.29) is 11.8 Å². The van der Waals surface area contributed by atoms with Crippen LogP contribution in [-0.4, -0.2) is 36.7 Å². The summed E-state index contributed by atoms with van der Waals surface area (Å²) in [6.07, 6.45) is 9.95. The Morgan fingerprint density at radius 2 is 1.89 bits per heavy atom. The monoisotopic (exact) mass is 408 g/mol. The second-order valence-electron chi connectivity index (χ2n) is 6.71. The first-order valence-corrected chi connectivity index (χ1v) is 10.2. The third kappa shape index (κ3) is 10.4. The van der Waals surface area contributed by atoms with Crippen molar-refractivity contribution in [3.05, 3.63) is 35.8 Å². The summed E-state index contributed by atoms with van der Waals surface area (Å²) in [5.41, 5.74) is 1.46. The number of nitrogens with zero attached hydrogens (tertiary/aromatic N) is 1. The van der Waals surface area contributed by atoms with E-state index in [1.54, 1.807) is 6.92 Å². The largest absolute Gasteiger partial charge is 0.481 e. The molecule has 1 unspecified atom stereocenters. The van der Waals surface area contributed by atoms with Crippen molar-refractivity contribution >= 4 is 28.6 Å². The Hall–Kier alpha value is -1.92. The van der Waals surface area contributed by atoms with Crippen molar-refractivity contribution in [3.63, 3.8) is 0 Å². The minimum Gasteiger partial charge on any atom is -0.481 e. The highest BCUT2D eigenvalue weighted by Crippen LogP contribution is 2.20. The number of unbranched alkanes of at least 4 members (excludes halogenated alkanes) is 3. The molecule has 1 rings (SSSR count). The normalized spacial score (nSPS) is 17.3. The van der Waals surface area contributed by atoms with Crippen LogP contribution in [-0.2, 0) is 9.47 Å². The molecule has 0 saturated carbocycles. The highest BCUT2D eigenvalue weighted by molar-refractivity contribution is 6.64. The predicted molar refractivity (Wildman–Crippen MR) is 118 cm³/mol. The fourth-order valence-corrected chi connectivity index (χ4v) is 2.63. The molecule has 0 aliphatic carbocycles. The Bertz CT molecular complexity index is 645. The maximum Gasteiger partial charge on any atom is 0.210 e. The standard InChI is InChI=1S/C21H33ClN4O2/c1-5-20(23)28-15(2)10-8-6-7-9-11-18(21(24)27-4)19(26-16(3)22)13-12-17-14-25-17/h12-13,17,23-25H,2,5-11,14H2,1,3-4H3/b13-12-,19-18-,23-20?,24-21?,26-16+. The molecule has 1 fully saturated rings. The summed E-state index contributed by atoms with van der Waals surface area (Å²) < 4.78 is 10.5. The summed E-state index contributed by atoms with van der Waals surface area (Å²) in [6.45, 7) is 8.44. The van der Waals surface area contributed by atoms with Crippen molar-refractivity contribution in [2.24, 2.45) is 4.99 Å². The van der Waals surface area contributed by atoms with Crippen LogP contribution in [0.15, 0.2) is 40.8 Å². The summed E-state index contributed by atoms with van der Waals surface area (Å²) in [5, 5.41) is 19.3. The molecule has 1 aliphatic heterocycles. The molecule has 1 saturated heterocycles. The van der Waals surface area contributed by atoms with E-state index in [4.69, 9.17) is 31.9 Å². The second kappa shape index (κ2) is 13.3. The number of rotatable bonds is 13. The first-order chi connectivity index (χ1) is 13.4. The lowest BCUT2D eigenvalue weighted by Gasteiger charge is -2.11. The Balaban J connectivity index is 2.56. The molecule has 1 atom stereocenters. The topological polar surface area (TPSA) is 100 Å². The molecule has 0 amide bonds. The fraction of sp³-hybridized carbons (Fsp3) is 0.571. The number of methoxy groups -OCH3 is 1. The second-order valence-corrected chi connectivity index (χ2v) is 7.26. The lowest BCUT2D eigenvalue weighted by molar-refractivity contribution is 0.375. The van der Waals surface area contributed by atoms with E-state index < -0.39 is 0 Å². The number of nitrogens with one attached hydrogen (secondary N) is 3. The smallest absolute Gasteiger partial charge is 0.210 e. The number of allylic oxidation sites excluding steroid dienone is 2. The van der Waals surface area contributed by atoms with Gasteiger partial charge in [0, 0.05) is 31.0 Å². The molecule has 0 bridgehead atoms. The van der Waals surface area contributed by atoms with Crippen molar-refractivity contribution in [1.29, 1.82) is 10.8 Å². The lowest BCUT2D eigenvalue weighted by Crippen LogP contribution is -2.07. The van der Waals surface area contributed by atoms with E-state index >= 15 is 0 Å². The molecule has 0 radical (unpaired) electrons. The minimum atomic E-state index is 0.130. The molecule has 156 valence electrons. The van der Waals surface area contributed by atoms with Crippen molar-refractivity contribution in [1.82, 2.24) is 5.32 Å². The molecular weight excluding hydrogens is 376 g/mol. The van der Waals surface area contributed by atoms with E-state index in [0.29, 0.717) is 35.5 Å². The first-order valence-electron chi connectivity index (χ1n) is 9.78. The fourth-order valence-electron chi connectivity index (χ4n) is 2.54. The molecule has 0 aromatic carbocycles. The summed E-state index contributed by atoms with van der Waals surface area (Å²) in [7, 11) is 1.50. The Kier molecular flexibility index (Phi) is 11.4. The lowest BCUT2D eigenvalue weighted by atomic mass is 10.0. The molecule has 1 heterocycles. The molecule has 0 aromatic heterocycles. The van der Waals surface area contributed by atoms with Crippen LogP contribution in [0.2, 0.25) is 0 Å². The summed E-state index contributed by atoms with van der Waals surface area (Å²) >= 11 is 5.99. The number of hydrogen-bond donors (Lipinski definition) is 3. The number of ether oxygens (including phenoxy) is 2. The molecule has 0 aromatic rings. The minimum absolute atomic E-state index is 0.130. The summed E-state index contributed by atoms with van der Waals surface area (Å²) in [6, 6.07) is 0.378. The van der Waals surface area contributed by atoms with Gasteiger partial charge in [0.05, 0.1) is 18.6 Å². The Morgan fingerprint density at radius 3 is 2.43 bits per heavy atom. The van der Waals surface area contributed by atoms with Gasteiger partial charge in [-0.05, 0) is 32.3 Å². The van der Waals surface area contributed by atoms with E-state index in [1.807, 2.05) is 19.1 Å². The number of aliphatic imine (C=N–C) groups is 1. The van der Waals surface area contributed by atoms with Crippen LogP contribution >= 0.6 is 11.6 Å². The quantitative estimate of drug-likeness (QED) is 0.0961. The van der Waals surface area contributed by atoms with Crippen LogP contribution in [0.25, 0.3) is 0 Å². The van der Waals surface area contributed by atoms with Gasteiger partial charge in [-0.1, -0.05) is 44.0 Å².